The Hall–Kier alpha value is -2.12. The van der Waals surface area contributed by atoms with Crippen LogP contribution in [0.15, 0.2) is 30.3 Å². The Morgan fingerprint density at radius 3 is 2.58 bits per heavy atom. The van der Waals surface area contributed by atoms with Crippen molar-refractivity contribution >= 4 is 11.8 Å². The molecule has 1 heterocycles. The molecule has 0 aliphatic carbocycles. The number of ether oxygens (including phenoxy) is 1. The van der Waals surface area contributed by atoms with Gasteiger partial charge in [0.1, 0.15) is 5.75 Å². The van der Waals surface area contributed by atoms with Crippen LogP contribution in [-0.4, -0.2) is 69.1 Å². The summed E-state index contributed by atoms with van der Waals surface area (Å²) in [5.74, 6) is 0.142. The van der Waals surface area contributed by atoms with E-state index < -0.39 is 0 Å². The Morgan fingerprint density at radius 2 is 1.83 bits per heavy atom. The van der Waals surface area contributed by atoms with E-state index in [1.165, 1.54) is 0 Å². The number of nitrogens with zero attached hydrogens (tertiary/aromatic N) is 1. The largest absolute Gasteiger partial charge is 0.484 e. The van der Waals surface area contributed by atoms with Crippen LogP contribution in [-0.2, 0) is 9.59 Å². The monoisotopic (exact) mass is 334 g/mol. The van der Waals surface area contributed by atoms with Crippen molar-refractivity contribution in [3.05, 3.63) is 30.3 Å². The number of para-hydroxylation sites is 1. The van der Waals surface area contributed by atoms with Gasteiger partial charge in [-0.25, -0.2) is 0 Å². The Balaban J connectivity index is 1.48. The summed E-state index contributed by atoms with van der Waals surface area (Å²) in [6, 6.07) is 9.10. The summed E-state index contributed by atoms with van der Waals surface area (Å²) in [5.41, 5.74) is 0. The molecule has 2 rings (SSSR count). The van der Waals surface area contributed by atoms with Crippen LogP contribution in [0.2, 0.25) is 0 Å². The molecule has 1 aromatic rings. The normalized spacial score (nSPS) is 14.8. The van der Waals surface area contributed by atoms with Crippen molar-refractivity contribution < 1.29 is 14.3 Å². The zero-order valence-electron chi connectivity index (χ0n) is 13.9. The van der Waals surface area contributed by atoms with Crippen molar-refractivity contribution in [2.45, 2.75) is 6.42 Å². The average Bonchev–Trinajstić information content (AvgIpc) is 2.63. The second-order valence-electron chi connectivity index (χ2n) is 5.67. The summed E-state index contributed by atoms with van der Waals surface area (Å²) >= 11 is 0. The number of rotatable bonds is 9. The lowest BCUT2D eigenvalue weighted by Gasteiger charge is -2.27. The molecule has 1 fully saturated rings. The van der Waals surface area contributed by atoms with Gasteiger partial charge in [-0.2, -0.15) is 0 Å². The highest BCUT2D eigenvalue weighted by molar-refractivity contribution is 5.85. The summed E-state index contributed by atoms with van der Waals surface area (Å²) in [6.45, 7) is 5.67. The van der Waals surface area contributed by atoms with Crippen LogP contribution in [0.3, 0.4) is 0 Å². The minimum absolute atomic E-state index is 0.0232. The van der Waals surface area contributed by atoms with E-state index in [9.17, 15) is 9.59 Å². The number of hydrogen-bond donors (Lipinski definition) is 3. The van der Waals surface area contributed by atoms with E-state index in [0.717, 1.165) is 39.1 Å². The Morgan fingerprint density at radius 1 is 1.08 bits per heavy atom. The Bertz CT molecular complexity index is 504. The average molecular weight is 334 g/mol. The lowest BCUT2D eigenvalue weighted by atomic mass is 10.3. The summed E-state index contributed by atoms with van der Waals surface area (Å²) in [7, 11) is 0. The first-order chi connectivity index (χ1) is 11.7. The molecule has 132 valence electrons. The third-order valence-corrected chi connectivity index (χ3v) is 3.74. The first-order valence-corrected chi connectivity index (χ1v) is 8.38. The van der Waals surface area contributed by atoms with E-state index in [2.05, 4.69) is 20.9 Å². The number of nitrogens with one attached hydrogen (secondary N) is 3. The van der Waals surface area contributed by atoms with Gasteiger partial charge in [-0.3, -0.25) is 9.59 Å². The number of amides is 2. The van der Waals surface area contributed by atoms with Gasteiger partial charge in [-0.1, -0.05) is 18.2 Å². The van der Waals surface area contributed by atoms with Crippen molar-refractivity contribution in [1.82, 2.24) is 20.9 Å². The van der Waals surface area contributed by atoms with Crippen LogP contribution in [0.25, 0.3) is 0 Å². The first kappa shape index (κ1) is 18.2. The van der Waals surface area contributed by atoms with Gasteiger partial charge in [0.2, 0.25) is 5.91 Å². The third kappa shape index (κ3) is 7.43. The summed E-state index contributed by atoms with van der Waals surface area (Å²) < 4.78 is 5.31. The highest BCUT2D eigenvalue weighted by Crippen LogP contribution is 2.07. The van der Waals surface area contributed by atoms with Crippen molar-refractivity contribution in [3.63, 3.8) is 0 Å². The van der Waals surface area contributed by atoms with Gasteiger partial charge in [0, 0.05) is 32.7 Å². The van der Waals surface area contributed by atoms with Crippen molar-refractivity contribution in [3.8, 4) is 5.75 Å². The fourth-order valence-electron chi connectivity index (χ4n) is 2.42. The third-order valence-electron chi connectivity index (χ3n) is 3.74. The molecule has 0 saturated carbocycles. The molecule has 1 aromatic carbocycles. The minimum atomic E-state index is -0.310. The fourth-order valence-corrected chi connectivity index (χ4v) is 2.42. The molecule has 2 amide bonds. The molecule has 0 unspecified atom stereocenters. The van der Waals surface area contributed by atoms with Gasteiger partial charge >= 0.3 is 0 Å². The van der Waals surface area contributed by atoms with Crippen molar-refractivity contribution in [2.75, 3.05) is 52.4 Å². The second kappa shape index (κ2) is 10.6. The highest BCUT2D eigenvalue weighted by Gasteiger charge is 2.09. The molecule has 1 aliphatic rings. The quantitative estimate of drug-likeness (QED) is 0.535. The molecule has 0 atom stereocenters. The van der Waals surface area contributed by atoms with Gasteiger partial charge in [-0.15, -0.1) is 0 Å². The smallest absolute Gasteiger partial charge is 0.258 e. The standard InChI is InChI=1S/C17H26N4O3/c22-16(19-7-4-10-21-11-8-18-9-12-21)13-20-17(23)14-24-15-5-2-1-3-6-15/h1-3,5-6,18H,4,7-14H2,(H,19,22)(H,20,23). The van der Waals surface area contributed by atoms with Crippen LogP contribution >= 0.6 is 0 Å². The lowest BCUT2D eigenvalue weighted by Crippen LogP contribution is -2.44. The molecular formula is C17H26N4O3. The molecule has 0 bridgehead atoms. The Labute approximate surface area is 142 Å². The first-order valence-electron chi connectivity index (χ1n) is 8.38. The van der Waals surface area contributed by atoms with Gasteiger partial charge in [0.25, 0.3) is 5.91 Å². The molecule has 7 heteroatoms. The maximum absolute atomic E-state index is 11.7. The van der Waals surface area contributed by atoms with E-state index >= 15 is 0 Å². The van der Waals surface area contributed by atoms with E-state index in [0.29, 0.717) is 12.3 Å². The van der Waals surface area contributed by atoms with Crippen LogP contribution < -0.4 is 20.7 Å². The minimum Gasteiger partial charge on any atom is -0.484 e. The lowest BCUT2D eigenvalue weighted by molar-refractivity contribution is -0.127. The fraction of sp³-hybridized carbons (Fsp3) is 0.529. The zero-order valence-corrected chi connectivity index (χ0v) is 13.9. The molecule has 0 spiro atoms. The molecule has 1 saturated heterocycles. The number of piperazine rings is 1. The highest BCUT2D eigenvalue weighted by atomic mass is 16.5. The van der Waals surface area contributed by atoms with E-state index in [4.69, 9.17) is 4.74 Å². The van der Waals surface area contributed by atoms with Crippen LogP contribution in [0.5, 0.6) is 5.75 Å². The number of hydrogen-bond acceptors (Lipinski definition) is 5. The van der Waals surface area contributed by atoms with E-state index in [1.807, 2.05) is 18.2 Å². The van der Waals surface area contributed by atoms with Gasteiger partial charge in [0.05, 0.1) is 6.54 Å². The molecule has 24 heavy (non-hydrogen) atoms. The maximum Gasteiger partial charge on any atom is 0.258 e. The molecule has 1 aliphatic heterocycles. The molecule has 0 aromatic heterocycles. The second-order valence-corrected chi connectivity index (χ2v) is 5.67. The van der Waals surface area contributed by atoms with Crippen molar-refractivity contribution in [1.29, 1.82) is 0 Å². The van der Waals surface area contributed by atoms with Crippen LogP contribution in [0.1, 0.15) is 6.42 Å². The molecule has 0 radical (unpaired) electrons. The predicted octanol–water partition coefficient (Wildman–Crippen LogP) is -0.407. The molecule has 3 N–H and O–H groups in total. The summed E-state index contributed by atoms with van der Waals surface area (Å²) in [6.07, 6.45) is 0.913. The number of benzene rings is 1. The van der Waals surface area contributed by atoms with E-state index in [1.54, 1.807) is 12.1 Å². The van der Waals surface area contributed by atoms with Gasteiger partial charge in [0.15, 0.2) is 6.61 Å². The SMILES string of the molecule is O=C(CNC(=O)COc1ccccc1)NCCCN1CCNCC1. The van der Waals surface area contributed by atoms with Crippen LogP contribution in [0.4, 0.5) is 0 Å². The van der Waals surface area contributed by atoms with E-state index in [-0.39, 0.29) is 25.0 Å². The zero-order chi connectivity index (χ0) is 17.0. The predicted molar refractivity (Wildman–Crippen MR) is 91.9 cm³/mol. The molecular weight excluding hydrogens is 308 g/mol. The number of carbonyl (C=O) groups excluding carboxylic acids is 2. The molecule has 7 nitrogen and oxygen atoms in total. The van der Waals surface area contributed by atoms with Gasteiger partial charge in [-0.05, 0) is 25.1 Å². The van der Waals surface area contributed by atoms with Gasteiger partial charge < -0.3 is 25.6 Å². The Kier molecular flexibility index (Phi) is 8.06. The van der Waals surface area contributed by atoms with Crippen molar-refractivity contribution in [2.24, 2.45) is 0 Å². The number of carbonyl (C=O) groups is 2. The maximum atomic E-state index is 11.7. The summed E-state index contributed by atoms with van der Waals surface area (Å²) in [5, 5.41) is 8.67. The topological polar surface area (TPSA) is 82.7 Å². The van der Waals surface area contributed by atoms with Crippen LogP contribution in [0, 0.1) is 0 Å². The summed E-state index contributed by atoms with van der Waals surface area (Å²) in [4.78, 5) is 25.7.